The molecular formula is C14H17NO4. The van der Waals surface area contributed by atoms with Crippen molar-refractivity contribution in [2.24, 2.45) is 5.92 Å². The van der Waals surface area contributed by atoms with Crippen molar-refractivity contribution in [2.75, 3.05) is 0 Å². The number of rotatable bonds is 5. The van der Waals surface area contributed by atoms with Gasteiger partial charge in [0, 0.05) is 19.0 Å². The van der Waals surface area contributed by atoms with E-state index in [1.54, 1.807) is 19.1 Å². The SMILES string of the molecule is CC(=O)C(=O)NC1=CC=C(CC(C)C(=O)O)C=CC1. The molecule has 1 aliphatic rings. The lowest BCUT2D eigenvalue weighted by molar-refractivity contribution is -0.141. The minimum absolute atomic E-state index is 0.427. The van der Waals surface area contributed by atoms with Gasteiger partial charge in [0.25, 0.3) is 5.91 Å². The Morgan fingerprint density at radius 2 is 2.05 bits per heavy atom. The fraction of sp³-hybridized carbons (Fsp3) is 0.357. The Labute approximate surface area is 111 Å². The number of amides is 1. The Kier molecular flexibility index (Phi) is 5.23. The molecule has 0 radical (unpaired) electrons. The zero-order valence-corrected chi connectivity index (χ0v) is 11.0. The first-order valence-corrected chi connectivity index (χ1v) is 6.01. The minimum atomic E-state index is -0.840. The number of carbonyl (C=O) groups excluding carboxylic acids is 2. The molecule has 0 aromatic rings. The second-order valence-electron chi connectivity index (χ2n) is 4.49. The van der Waals surface area contributed by atoms with E-state index in [1.807, 2.05) is 12.2 Å². The van der Waals surface area contributed by atoms with Crippen molar-refractivity contribution >= 4 is 17.7 Å². The molecule has 0 bridgehead atoms. The number of aliphatic carboxylic acids is 1. The molecule has 1 amide bonds. The third-order valence-corrected chi connectivity index (χ3v) is 2.73. The van der Waals surface area contributed by atoms with Gasteiger partial charge in [0.15, 0.2) is 0 Å². The molecule has 0 saturated heterocycles. The van der Waals surface area contributed by atoms with Gasteiger partial charge < -0.3 is 10.4 Å². The zero-order valence-electron chi connectivity index (χ0n) is 11.0. The van der Waals surface area contributed by atoms with Gasteiger partial charge in [-0.3, -0.25) is 14.4 Å². The highest BCUT2D eigenvalue weighted by Gasteiger charge is 2.13. The quantitative estimate of drug-likeness (QED) is 0.737. The van der Waals surface area contributed by atoms with Crippen LogP contribution < -0.4 is 5.32 Å². The van der Waals surface area contributed by atoms with Gasteiger partial charge in [-0.05, 0) is 18.1 Å². The molecular weight excluding hydrogens is 246 g/mol. The molecule has 1 aliphatic carbocycles. The van der Waals surface area contributed by atoms with Crippen LogP contribution in [0.5, 0.6) is 0 Å². The summed E-state index contributed by atoms with van der Waals surface area (Å²) in [5.41, 5.74) is 1.50. The van der Waals surface area contributed by atoms with Gasteiger partial charge in [-0.15, -0.1) is 0 Å². The summed E-state index contributed by atoms with van der Waals surface area (Å²) < 4.78 is 0. The van der Waals surface area contributed by atoms with Gasteiger partial charge in [-0.1, -0.05) is 25.2 Å². The molecule has 0 saturated carbocycles. The third kappa shape index (κ3) is 4.91. The summed E-state index contributed by atoms with van der Waals surface area (Å²) in [4.78, 5) is 32.9. The number of hydrogen-bond donors (Lipinski definition) is 2. The molecule has 0 aromatic carbocycles. The number of nitrogens with one attached hydrogen (secondary N) is 1. The van der Waals surface area contributed by atoms with E-state index >= 15 is 0 Å². The van der Waals surface area contributed by atoms with Crippen LogP contribution in [-0.2, 0) is 14.4 Å². The average molecular weight is 263 g/mol. The van der Waals surface area contributed by atoms with Crippen molar-refractivity contribution < 1.29 is 19.5 Å². The Balaban J connectivity index is 2.71. The van der Waals surface area contributed by atoms with Crippen LogP contribution in [0, 0.1) is 5.92 Å². The van der Waals surface area contributed by atoms with Crippen LogP contribution in [0.15, 0.2) is 35.6 Å². The van der Waals surface area contributed by atoms with Crippen LogP contribution in [0.4, 0.5) is 0 Å². The molecule has 0 spiro atoms. The summed E-state index contributed by atoms with van der Waals surface area (Å²) in [7, 11) is 0. The number of carbonyl (C=O) groups is 3. The molecule has 102 valence electrons. The maximum Gasteiger partial charge on any atom is 0.306 e. The second-order valence-corrected chi connectivity index (χ2v) is 4.49. The van der Waals surface area contributed by atoms with Crippen molar-refractivity contribution in [3.8, 4) is 0 Å². The summed E-state index contributed by atoms with van der Waals surface area (Å²) in [5.74, 6) is -2.49. The lowest BCUT2D eigenvalue weighted by Gasteiger charge is -2.05. The van der Waals surface area contributed by atoms with Crippen molar-refractivity contribution in [1.29, 1.82) is 0 Å². The van der Waals surface area contributed by atoms with E-state index in [9.17, 15) is 14.4 Å². The van der Waals surface area contributed by atoms with Crippen LogP contribution in [0.2, 0.25) is 0 Å². The summed E-state index contributed by atoms with van der Waals surface area (Å²) >= 11 is 0. The minimum Gasteiger partial charge on any atom is -0.481 e. The van der Waals surface area contributed by atoms with E-state index in [4.69, 9.17) is 5.11 Å². The van der Waals surface area contributed by atoms with E-state index in [2.05, 4.69) is 5.32 Å². The topological polar surface area (TPSA) is 83.5 Å². The van der Waals surface area contributed by atoms with Gasteiger partial charge in [-0.2, -0.15) is 0 Å². The van der Waals surface area contributed by atoms with Gasteiger partial charge in [0.2, 0.25) is 5.78 Å². The lowest BCUT2D eigenvalue weighted by atomic mass is 10.0. The highest BCUT2D eigenvalue weighted by atomic mass is 16.4. The molecule has 5 nitrogen and oxygen atoms in total. The molecule has 0 heterocycles. The van der Waals surface area contributed by atoms with Gasteiger partial charge >= 0.3 is 5.97 Å². The molecule has 2 N–H and O–H groups in total. The first-order chi connectivity index (χ1) is 8.90. The standard InChI is InChI=1S/C14H17NO4/c1-9(14(18)19)8-11-4-3-5-12(7-6-11)15-13(17)10(2)16/h3-4,6-7,9H,5,8H2,1-2H3,(H,15,17)(H,18,19). The maximum absolute atomic E-state index is 11.2. The molecule has 1 rings (SSSR count). The number of carboxylic acids is 1. The monoisotopic (exact) mass is 263 g/mol. The van der Waals surface area contributed by atoms with Gasteiger partial charge in [0.1, 0.15) is 0 Å². The van der Waals surface area contributed by atoms with Crippen LogP contribution >= 0.6 is 0 Å². The maximum atomic E-state index is 11.2. The number of ketones is 1. The van der Waals surface area contributed by atoms with E-state index in [0.29, 0.717) is 18.5 Å². The third-order valence-electron chi connectivity index (χ3n) is 2.73. The summed E-state index contributed by atoms with van der Waals surface area (Å²) in [5, 5.41) is 11.4. The first kappa shape index (κ1) is 14.9. The summed E-state index contributed by atoms with van der Waals surface area (Å²) in [6.45, 7) is 2.85. The van der Waals surface area contributed by atoms with Gasteiger partial charge in [0.05, 0.1) is 5.92 Å². The lowest BCUT2D eigenvalue weighted by Crippen LogP contribution is -2.28. The summed E-state index contributed by atoms with van der Waals surface area (Å²) in [6, 6.07) is 0. The average Bonchev–Trinajstić information content (AvgIpc) is 2.54. The highest BCUT2D eigenvalue weighted by Crippen LogP contribution is 2.17. The highest BCUT2D eigenvalue weighted by molar-refractivity contribution is 6.35. The fourth-order valence-corrected chi connectivity index (χ4v) is 1.57. The largest absolute Gasteiger partial charge is 0.481 e. The van der Waals surface area contributed by atoms with E-state index in [1.165, 1.54) is 6.92 Å². The first-order valence-electron chi connectivity index (χ1n) is 6.01. The van der Waals surface area contributed by atoms with Crippen LogP contribution in [0.3, 0.4) is 0 Å². The molecule has 0 aromatic heterocycles. The number of carboxylic acid groups (broad SMARTS) is 1. The van der Waals surface area contributed by atoms with Crippen LogP contribution in [0.25, 0.3) is 0 Å². The van der Waals surface area contributed by atoms with Gasteiger partial charge in [-0.25, -0.2) is 0 Å². The molecule has 1 unspecified atom stereocenters. The van der Waals surface area contributed by atoms with Crippen LogP contribution in [-0.4, -0.2) is 22.8 Å². The Bertz CT molecular complexity index is 486. The van der Waals surface area contributed by atoms with E-state index < -0.39 is 23.6 Å². The number of Topliss-reactive ketones (excluding diaryl/α,β-unsaturated/α-hetero) is 1. The van der Waals surface area contributed by atoms with E-state index in [0.717, 1.165) is 5.57 Å². The second kappa shape index (κ2) is 6.68. The zero-order chi connectivity index (χ0) is 14.4. The molecule has 5 heteroatoms. The van der Waals surface area contributed by atoms with Crippen molar-refractivity contribution in [3.05, 3.63) is 35.6 Å². The number of hydrogen-bond acceptors (Lipinski definition) is 3. The predicted molar refractivity (Wildman–Crippen MR) is 70.2 cm³/mol. The fourth-order valence-electron chi connectivity index (χ4n) is 1.57. The molecule has 0 aliphatic heterocycles. The smallest absolute Gasteiger partial charge is 0.306 e. The summed E-state index contributed by atoms with van der Waals surface area (Å²) in [6.07, 6.45) is 8.06. The van der Waals surface area contributed by atoms with Crippen molar-refractivity contribution in [1.82, 2.24) is 5.32 Å². The van der Waals surface area contributed by atoms with Crippen molar-refractivity contribution in [2.45, 2.75) is 26.7 Å². The Morgan fingerprint density at radius 3 is 2.63 bits per heavy atom. The van der Waals surface area contributed by atoms with Crippen molar-refractivity contribution in [3.63, 3.8) is 0 Å². The molecule has 19 heavy (non-hydrogen) atoms. The Hall–Kier alpha value is -2.17. The van der Waals surface area contributed by atoms with E-state index in [-0.39, 0.29) is 0 Å². The molecule has 0 fully saturated rings. The van der Waals surface area contributed by atoms with Crippen LogP contribution in [0.1, 0.15) is 26.7 Å². The molecule has 1 atom stereocenters. The predicted octanol–water partition coefficient (Wildman–Crippen LogP) is 1.57. The normalized spacial score (nSPS) is 15.9. The number of allylic oxidation sites excluding steroid dienone is 5. The Morgan fingerprint density at radius 1 is 1.37 bits per heavy atom.